The molecule has 0 radical (unpaired) electrons. The number of hydrogen-bond acceptors (Lipinski definition) is 8. The van der Waals surface area contributed by atoms with E-state index >= 15 is 0 Å². The molecule has 0 aromatic rings. The van der Waals surface area contributed by atoms with E-state index in [0.29, 0.717) is 6.42 Å². The van der Waals surface area contributed by atoms with Crippen molar-refractivity contribution in [1.82, 2.24) is 4.90 Å². The molecule has 296 valence electrons. The maximum absolute atomic E-state index is 13.7. The Hall–Kier alpha value is -2.82. The van der Waals surface area contributed by atoms with E-state index in [9.17, 15) is 35.1 Å². The van der Waals surface area contributed by atoms with Crippen LogP contribution in [-0.4, -0.2) is 90.5 Å². The second-order valence-electron chi connectivity index (χ2n) is 15.0. The predicted octanol–water partition coefficient (Wildman–Crippen LogP) is 6.90. The third-order valence-electron chi connectivity index (χ3n) is 10.1. The summed E-state index contributed by atoms with van der Waals surface area (Å²) in [6.07, 6.45) is 26.6. The molecule has 52 heavy (non-hydrogen) atoms. The molecular weight excluding hydrogens is 658 g/mol. The topological polar surface area (TPSA) is 148 Å². The van der Waals surface area contributed by atoms with Gasteiger partial charge < -0.3 is 35.2 Å². The highest BCUT2D eigenvalue weighted by Crippen LogP contribution is 2.33. The molecule has 1 aliphatic rings. The average Bonchev–Trinajstić information content (AvgIpc) is 3.10. The van der Waals surface area contributed by atoms with Gasteiger partial charge in [0.2, 0.25) is 5.91 Å². The molecule has 1 fully saturated rings. The molecule has 0 bridgehead atoms. The van der Waals surface area contributed by atoms with Crippen molar-refractivity contribution in [3.8, 4) is 0 Å². The van der Waals surface area contributed by atoms with Gasteiger partial charge in [-0.1, -0.05) is 101 Å². The summed E-state index contributed by atoms with van der Waals surface area (Å²) in [6.45, 7) is 13.4. The summed E-state index contributed by atoms with van der Waals surface area (Å²) >= 11 is 0. The Balaban J connectivity index is 2.89. The zero-order valence-electron chi connectivity index (χ0n) is 33.2. The highest BCUT2D eigenvalue weighted by Gasteiger charge is 2.48. The fourth-order valence-electron chi connectivity index (χ4n) is 6.77. The minimum Gasteiger partial charge on any atom is -0.459 e. The van der Waals surface area contributed by atoms with Gasteiger partial charge in [-0.05, 0) is 91.4 Å². The van der Waals surface area contributed by atoms with E-state index in [4.69, 9.17) is 4.74 Å². The molecule has 1 saturated heterocycles. The van der Waals surface area contributed by atoms with Crippen LogP contribution in [0.15, 0.2) is 72.9 Å². The largest absolute Gasteiger partial charge is 0.459 e. The second-order valence-corrected chi connectivity index (χ2v) is 15.0. The van der Waals surface area contributed by atoms with E-state index in [2.05, 4.69) is 67.7 Å². The maximum Gasteiger partial charge on any atom is 0.311 e. The van der Waals surface area contributed by atoms with Crippen LogP contribution in [-0.2, 0) is 14.3 Å². The number of aliphatic hydroxyl groups is 5. The van der Waals surface area contributed by atoms with Gasteiger partial charge in [0, 0.05) is 18.9 Å². The molecule has 1 rings (SSSR count). The van der Waals surface area contributed by atoms with Gasteiger partial charge in [0.15, 0.2) is 0 Å². The van der Waals surface area contributed by atoms with Crippen LogP contribution < -0.4 is 0 Å². The summed E-state index contributed by atoms with van der Waals surface area (Å²) in [4.78, 5) is 28.3. The normalized spacial score (nSPS) is 33.6. The van der Waals surface area contributed by atoms with Crippen molar-refractivity contribution in [3.63, 3.8) is 0 Å². The van der Waals surface area contributed by atoms with E-state index in [-0.39, 0.29) is 37.6 Å². The van der Waals surface area contributed by atoms with Crippen LogP contribution in [0, 0.1) is 17.8 Å². The van der Waals surface area contributed by atoms with Crippen LogP contribution in [0.5, 0.6) is 0 Å². The van der Waals surface area contributed by atoms with Gasteiger partial charge in [0.05, 0.1) is 29.8 Å². The minimum atomic E-state index is -1.92. The monoisotopic (exact) mass is 730 g/mol. The summed E-state index contributed by atoms with van der Waals surface area (Å²) in [7, 11) is 0. The van der Waals surface area contributed by atoms with E-state index < -0.39 is 59.5 Å². The minimum absolute atomic E-state index is 0.0811. The molecule has 9 heteroatoms. The number of hydrogen-bond donors (Lipinski definition) is 5. The van der Waals surface area contributed by atoms with Crippen molar-refractivity contribution in [2.45, 2.75) is 161 Å². The van der Waals surface area contributed by atoms with Crippen LogP contribution in [0.25, 0.3) is 0 Å². The van der Waals surface area contributed by atoms with E-state index in [1.807, 2.05) is 19.1 Å². The van der Waals surface area contributed by atoms with Gasteiger partial charge in [-0.2, -0.15) is 0 Å². The highest BCUT2D eigenvalue weighted by molar-refractivity contribution is 5.77. The van der Waals surface area contributed by atoms with Crippen LogP contribution in [0.4, 0.5) is 0 Å². The van der Waals surface area contributed by atoms with E-state index in [1.165, 1.54) is 25.7 Å². The number of esters is 1. The van der Waals surface area contributed by atoms with Crippen molar-refractivity contribution in [3.05, 3.63) is 72.9 Å². The van der Waals surface area contributed by atoms with Crippen LogP contribution in [0.1, 0.15) is 120 Å². The second kappa shape index (κ2) is 24.5. The number of carbonyl (C=O) groups is 2. The average molecular weight is 730 g/mol. The van der Waals surface area contributed by atoms with E-state index in [1.54, 1.807) is 20.8 Å². The van der Waals surface area contributed by atoms with Gasteiger partial charge in [-0.3, -0.25) is 9.59 Å². The third kappa shape index (κ3) is 16.0. The van der Waals surface area contributed by atoms with Gasteiger partial charge in [0.1, 0.15) is 17.8 Å². The van der Waals surface area contributed by atoms with Gasteiger partial charge >= 0.3 is 5.97 Å². The third-order valence-corrected chi connectivity index (χ3v) is 10.1. The van der Waals surface area contributed by atoms with Gasteiger partial charge in [-0.15, -0.1) is 0 Å². The number of amides is 1. The Kier molecular flexibility index (Phi) is 22.2. The van der Waals surface area contributed by atoms with Gasteiger partial charge in [0.25, 0.3) is 0 Å². The molecular formula is C43H71NO8. The SMILES string of the molecule is CC/C=C\CC=CC/C=C\C/C=C\C/C=C\C/C=C\CCC(=O)N1C[C@H](C)C[C@@](C)(O)[C@H](O)[C@@H](C)[C@H](O)[C@@H](C)C(=O)O[C@H](CC)[C@@](C)(O)[C@H](O)[C@H]1C. The lowest BCUT2D eigenvalue weighted by Crippen LogP contribution is -2.60. The highest BCUT2D eigenvalue weighted by atomic mass is 16.6. The number of allylic oxidation sites excluding steroid dienone is 12. The molecule has 5 N–H and O–H groups in total. The zero-order chi connectivity index (χ0) is 39.3. The molecule has 0 saturated carbocycles. The van der Waals surface area contributed by atoms with Crippen LogP contribution in [0.3, 0.4) is 0 Å². The summed E-state index contributed by atoms with van der Waals surface area (Å²) < 4.78 is 5.64. The molecule has 1 heterocycles. The first kappa shape index (κ1) is 47.2. The fraction of sp³-hybridized carbons (Fsp3) is 0.674. The lowest BCUT2D eigenvalue weighted by Gasteiger charge is -2.43. The first-order valence-corrected chi connectivity index (χ1v) is 19.4. The maximum atomic E-state index is 13.7. The first-order chi connectivity index (χ1) is 24.5. The molecule has 9 nitrogen and oxygen atoms in total. The smallest absolute Gasteiger partial charge is 0.311 e. The van der Waals surface area contributed by atoms with Crippen molar-refractivity contribution in [1.29, 1.82) is 0 Å². The van der Waals surface area contributed by atoms with Crippen molar-refractivity contribution >= 4 is 11.9 Å². The Labute approximate surface area is 314 Å². The Morgan fingerprint density at radius 2 is 1.23 bits per heavy atom. The predicted molar refractivity (Wildman–Crippen MR) is 210 cm³/mol. The molecule has 0 aromatic carbocycles. The number of aliphatic hydroxyl groups excluding tert-OH is 3. The molecule has 0 unspecified atom stereocenters. The molecule has 1 amide bonds. The van der Waals surface area contributed by atoms with Crippen LogP contribution in [0.2, 0.25) is 0 Å². The number of nitrogens with zero attached hydrogens (tertiary/aromatic N) is 1. The number of cyclic esters (lactones) is 1. The quantitative estimate of drug-likeness (QED) is 0.0904. The van der Waals surface area contributed by atoms with Crippen molar-refractivity contribution < 1.29 is 39.9 Å². The number of rotatable bonds is 15. The first-order valence-electron chi connectivity index (χ1n) is 19.4. The Morgan fingerprint density at radius 3 is 1.69 bits per heavy atom. The van der Waals surface area contributed by atoms with E-state index in [0.717, 1.165) is 38.5 Å². The van der Waals surface area contributed by atoms with Crippen LogP contribution >= 0.6 is 0 Å². The summed E-state index contributed by atoms with van der Waals surface area (Å²) in [5.41, 5.74) is -3.57. The molecule has 1 aliphatic heterocycles. The summed E-state index contributed by atoms with van der Waals surface area (Å²) in [6, 6.07) is -0.870. The number of carbonyl (C=O) groups excluding carboxylic acids is 2. The van der Waals surface area contributed by atoms with Crippen molar-refractivity contribution in [2.24, 2.45) is 17.8 Å². The fourth-order valence-corrected chi connectivity index (χ4v) is 6.77. The molecule has 0 spiro atoms. The summed E-state index contributed by atoms with van der Waals surface area (Å²) in [5.74, 6) is -3.33. The lowest BCUT2D eigenvalue weighted by molar-refractivity contribution is -0.194. The Bertz CT molecular complexity index is 1220. The van der Waals surface area contributed by atoms with Gasteiger partial charge in [-0.25, -0.2) is 0 Å². The lowest BCUT2D eigenvalue weighted by atomic mass is 9.78. The standard InChI is InChI=1S/C43H71NO8/c1-9-11-12-13-14-15-16-17-18-19-20-21-22-23-24-25-26-27-28-29-37(45)44-31-32(3)30-42(7,50)39(47)33(4)38(46)34(5)41(49)52-36(10-2)43(8,51)40(48)35(44)6/h11-12,14-15,17-18,20-21,23-24,26-27,32-36,38-40,46-48,50-51H,9-10,13,16,19,22,25,28-31H2,1-8H3/b12-11-,15-14?,18-17-,21-20-,24-23-,27-26-/t32-,33+,34-,35-,36-,38+,39-,40-,42-,43-/m1/s1. The molecule has 0 aromatic heterocycles. The number of ether oxygens (including phenoxy) is 1. The van der Waals surface area contributed by atoms with Crippen molar-refractivity contribution in [2.75, 3.05) is 6.54 Å². The Morgan fingerprint density at radius 1 is 0.769 bits per heavy atom. The summed E-state index contributed by atoms with van der Waals surface area (Å²) in [5, 5.41) is 56.4. The molecule has 10 atom stereocenters. The zero-order valence-corrected chi connectivity index (χ0v) is 33.2. The molecule has 0 aliphatic carbocycles.